The Hall–Kier alpha value is -5.69. The van der Waals surface area contributed by atoms with Crippen LogP contribution in [0, 0.1) is 13.8 Å². The van der Waals surface area contributed by atoms with Crippen LogP contribution in [-0.4, -0.2) is 24.8 Å². The third kappa shape index (κ3) is 5.75. The van der Waals surface area contributed by atoms with Gasteiger partial charge in [-0.2, -0.15) is 0 Å². The van der Waals surface area contributed by atoms with Crippen molar-refractivity contribution in [2.45, 2.75) is 33.1 Å². The molecule has 0 bridgehead atoms. The van der Waals surface area contributed by atoms with E-state index in [2.05, 4.69) is 31.3 Å². The molecule has 3 amide bonds. The molecule has 1 heterocycles. The van der Waals surface area contributed by atoms with Crippen LogP contribution in [0.2, 0.25) is 0 Å². The first-order valence-corrected chi connectivity index (χ1v) is 15.0. The number of nitrogens with zero attached hydrogens (tertiary/aromatic N) is 1. The third-order valence-electron chi connectivity index (χ3n) is 8.48. The molecule has 7 nitrogen and oxygen atoms in total. The average Bonchev–Trinajstić information content (AvgIpc) is 3.31. The zero-order valence-corrected chi connectivity index (χ0v) is 26.4. The largest absolute Gasteiger partial charge is 0.497 e. The van der Waals surface area contributed by atoms with Crippen LogP contribution in [0.1, 0.15) is 67.2 Å². The minimum Gasteiger partial charge on any atom is -0.497 e. The van der Waals surface area contributed by atoms with E-state index in [1.807, 2.05) is 68.4 Å². The van der Waals surface area contributed by atoms with Crippen molar-refractivity contribution in [3.05, 3.63) is 148 Å². The molecule has 0 radical (unpaired) electrons. The Morgan fingerprint density at radius 3 is 2.00 bits per heavy atom. The molecule has 0 spiro atoms. The highest BCUT2D eigenvalue weighted by molar-refractivity contribution is 6.34. The van der Waals surface area contributed by atoms with Gasteiger partial charge in [-0.25, -0.2) is 4.90 Å². The molecule has 1 N–H and O–H groups in total. The Morgan fingerprint density at radius 1 is 0.696 bits per heavy atom. The Bertz CT molecular complexity index is 1980. The summed E-state index contributed by atoms with van der Waals surface area (Å²) in [7, 11) is 1.65. The summed E-state index contributed by atoms with van der Waals surface area (Å²) >= 11 is 0. The molecule has 1 aliphatic rings. The molecule has 5 aromatic carbocycles. The summed E-state index contributed by atoms with van der Waals surface area (Å²) in [4.78, 5) is 41.0. The van der Waals surface area contributed by atoms with E-state index in [-0.39, 0.29) is 16.9 Å². The number of hydrogen-bond donors (Lipinski definition) is 1. The van der Waals surface area contributed by atoms with E-state index in [1.54, 1.807) is 49.6 Å². The Labute approximate surface area is 268 Å². The van der Waals surface area contributed by atoms with Crippen LogP contribution in [0.4, 0.5) is 11.4 Å². The van der Waals surface area contributed by atoms with Crippen molar-refractivity contribution in [2.75, 3.05) is 17.3 Å². The number of rotatable bonds is 8. The fourth-order valence-corrected chi connectivity index (χ4v) is 5.67. The van der Waals surface area contributed by atoms with Crippen LogP contribution in [0.5, 0.6) is 17.2 Å². The summed E-state index contributed by atoms with van der Waals surface area (Å²) in [5.41, 5.74) is 5.80. The highest BCUT2D eigenvalue weighted by atomic mass is 16.5. The number of imide groups is 1. The van der Waals surface area contributed by atoms with Crippen molar-refractivity contribution in [1.29, 1.82) is 0 Å². The van der Waals surface area contributed by atoms with Crippen molar-refractivity contribution in [2.24, 2.45) is 0 Å². The van der Waals surface area contributed by atoms with E-state index in [0.717, 1.165) is 32.9 Å². The monoisotopic (exact) mass is 610 g/mol. The lowest BCUT2D eigenvalue weighted by Gasteiger charge is -2.26. The van der Waals surface area contributed by atoms with E-state index < -0.39 is 11.8 Å². The fraction of sp³-hybridized carbons (Fsp3) is 0.154. The molecule has 230 valence electrons. The molecule has 0 unspecified atom stereocenters. The second-order valence-electron chi connectivity index (χ2n) is 12.0. The fourth-order valence-electron chi connectivity index (χ4n) is 5.67. The number of nitrogens with one attached hydrogen (secondary N) is 1. The van der Waals surface area contributed by atoms with E-state index in [1.165, 1.54) is 0 Å². The highest BCUT2D eigenvalue weighted by Gasteiger charge is 2.37. The summed E-state index contributed by atoms with van der Waals surface area (Å²) in [5, 5.41) is 2.89. The lowest BCUT2D eigenvalue weighted by Crippen LogP contribution is -2.29. The van der Waals surface area contributed by atoms with E-state index >= 15 is 0 Å². The van der Waals surface area contributed by atoms with Gasteiger partial charge in [-0.3, -0.25) is 14.4 Å². The van der Waals surface area contributed by atoms with Crippen molar-refractivity contribution < 1.29 is 23.9 Å². The molecular formula is C39H34N2O5. The second-order valence-corrected chi connectivity index (χ2v) is 12.0. The van der Waals surface area contributed by atoms with E-state index in [4.69, 9.17) is 9.47 Å². The number of benzene rings is 5. The van der Waals surface area contributed by atoms with Gasteiger partial charge in [0.15, 0.2) is 0 Å². The van der Waals surface area contributed by atoms with Crippen LogP contribution in [0.25, 0.3) is 0 Å². The second kappa shape index (κ2) is 12.0. The Balaban J connectivity index is 1.18. The molecule has 0 saturated carbocycles. The maximum atomic E-state index is 13.5. The number of fused-ring (bicyclic) bond motifs is 1. The SMILES string of the molecule is COc1ccc(C(C)(C)c2ccc(Oc3ccc4c(c3)C(=O)N(c3cccc(NC(=O)c5cc(C)ccc5C)c3)C4=O)cc2)cc1. The number of aryl methyl sites for hydroxylation is 2. The highest BCUT2D eigenvalue weighted by Crippen LogP contribution is 2.36. The van der Waals surface area contributed by atoms with Crippen LogP contribution in [0.15, 0.2) is 109 Å². The molecular weight excluding hydrogens is 576 g/mol. The van der Waals surface area contributed by atoms with Crippen LogP contribution >= 0.6 is 0 Å². The molecule has 7 heteroatoms. The van der Waals surface area contributed by atoms with Gasteiger partial charge in [-0.15, -0.1) is 0 Å². The molecule has 0 atom stereocenters. The van der Waals surface area contributed by atoms with Gasteiger partial charge in [-0.1, -0.05) is 61.9 Å². The minimum absolute atomic E-state index is 0.242. The zero-order valence-electron chi connectivity index (χ0n) is 26.4. The smallest absolute Gasteiger partial charge is 0.266 e. The molecule has 0 fully saturated rings. The predicted molar refractivity (Wildman–Crippen MR) is 180 cm³/mol. The first-order chi connectivity index (χ1) is 22.0. The first-order valence-electron chi connectivity index (χ1n) is 15.0. The number of carbonyl (C=O) groups excluding carboxylic acids is 3. The summed E-state index contributed by atoms with van der Waals surface area (Å²) in [6, 6.07) is 33.2. The number of hydrogen-bond acceptors (Lipinski definition) is 5. The third-order valence-corrected chi connectivity index (χ3v) is 8.48. The van der Waals surface area contributed by atoms with Crippen LogP contribution in [0.3, 0.4) is 0 Å². The summed E-state index contributed by atoms with van der Waals surface area (Å²) in [5.74, 6) is 0.704. The summed E-state index contributed by atoms with van der Waals surface area (Å²) < 4.78 is 11.4. The predicted octanol–water partition coefficient (Wildman–Crippen LogP) is 8.48. The molecule has 0 saturated heterocycles. The van der Waals surface area contributed by atoms with Gasteiger partial charge < -0.3 is 14.8 Å². The molecule has 0 aliphatic carbocycles. The summed E-state index contributed by atoms with van der Waals surface area (Å²) in [6.45, 7) is 8.13. The quantitative estimate of drug-likeness (QED) is 0.178. The summed E-state index contributed by atoms with van der Waals surface area (Å²) in [6.07, 6.45) is 0. The number of anilines is 2. The van der Waals surface area contributed by atoms with Gasteiger partial charge in [-0.05, 0) is 97.3 Å². The molecule has 6 rings (SSSR count). The normalized spacial score (nSPS) is 12.6. The van der Waals surface area contributed by atoms with Crippen molar-refractivity contribution in [3.8, 4) is 17.2 Å². The van der Waals surface area contributed by atoms with Gasteiger partial charge in [0.2, 0.25) is 0 Å². The van der Waals surface area contributed by atoms with E-state index in [0.29, 0.717) is 34.0 Å². The average molecular weight is 611 g/mol. The first kappa shape index (κ1) is 30.3. The topological polar surface area (TPSA) is 84.9 Å². The van der Waals surface area contributed by atoms with Crippen molar-refractivity contribution in [3.63, 3.8) is 0 Å². The molecule has 1 aliphatic heterocycles. The van der Waals surface area contributed by atoms with Gasteiger partial charge >= 0.3 is 0 Å². The van der Waals surface area contributed by atoms with Gasteiger partial charge in [0.1, 0.15) is 17.2 Å². The minimum atomic E-state index is -0.458. The van der Waals surface area contributed by atoms with E-state index in [9.17, 15) is 14.4 Å². The number of carbonyl (C=O) groups is 3. The van der Waals surface area contributed by atoms with Gasteiger partial charge in [0.25, 0.3) is 17.7 Å². The van der Waals surface area contributed by atoms with Crippen molar-refractivity contribution in [1.82, 2.24) is 0 Å². The number of ether oxygens (including phenoxy) is 2. The van der Waals surface area contributed by atoms with Crippen molar-refractivity contribution >= 4 is 29.1 Å². The molecule has 5 aromatic rings. The number of methoxy groups -OCH3 is 1. The number of amides is 3. The maximum Gasteiger partial charge on any atom is 0.266 e. The molecule has 46 heavy (non-hydrogen) atoms. The maximum absolute atomic E-state index is 13.5. The van der Waals surface area contributed by atoms with Crippen LogP contribution < -0.4 is 19.7 Å². The standard InChI is InChI=1S/C39H34N2O5/c1-24-9-10-25(2)34(21-24)36(42)40-28-7-6-8-29(22-28)41-37(43)33-20-19-32(23-35(33)38(41)44)46-31-17-13-27(14-18-31)39(3,4)26-11-15-30(45-5)16-12-26/h6-23H,1-5H3,(H,40,42). The zero-order chi connectivity index (χ0) is 32.6. The van der Waals surface area contributed by atoms with Crippen LogP contribution in [-0.2, 0) is 5.41 Å². The molecule has 0 aromatic heterocycles. The Morgan fingerprint density at radius 2 is 1.33 bits per heavy atom. The lowest BCUT2D eigenvalue weighted by molar-refractivity contribution is 0.0925. The Kier molecular flexibility index (Phi) is 7.92. The van der Waals surface area contributed by atoms with Gasteiger partial charge in [0.05, 0.1) is 23.9 Å². The van der Waals surface area contributed by atoms with Gasteiger partial charge in [0, 0.05) is 16.7 Å². The lowest BCUT2D eigenvalue weighted by atomic mass is 9.78.